The van der Waals surface area contributed by atoms with Gasteiger partial charge in [0, 0.05) is 19.3 Å². The van der Waals surface area contributed by atoms with Crippen molar-refractivity contribution >= 4 is 35.1 Å². The van der Waals surface area contributed by atoms with Crippen LogP contribution < -0.4 is 24.3 Å². The Bertz CT molecular complexity index is 1650. The van der Waals surface area contributed by atoms with E-state index in [9.17, 15) is 49.6 Å². The molecule has 0 spiro atoms. The highest BCUT2D eigenvalue weighted by Crippen LogP contribution is 2.38. The molecule has 2 aromatic rings. The molecule has 1 saturated heterocycles. The number of nitrogens with one attached hydrogen (secondary N) is 1. The van der Waals surface area contributed by atoms with Gasteiger partial charge in [-0.2, -0.15) is 0 Å². The Morgan fingerprint density at radius 3 is 1.67 bits per heavy atom. The lowest BCUT2D eigenvalue weighted by atomic mass is 10.1. The summed E-state index contributed by atoms with van der Waals surface area (Å²) in [5.74, 6) is 0.925. The van der Waals surface area contributed by atoms with Crippen molar-refractivity contribution in [1.29, 1.82) is 0 Å². The fourth-order valence-corrected chi connectivity index (χ4v) is 4.52. The van der Waals surface area contributed by atoms with E-state index in [1.54, 1.807) is 0 Å². The zero-order valence-corrected chi connectivity index (χ0v) is 28.9. The highest BCUT2D eigenvalue weighted by atomic mass is 16.7. The van der Waals surface area contributed by atoms with Crippen LogP contribution in [0.5, 0.6) is 23.0 Å². The lowest BCUT2D eigenvalue weighted by Gasteiger charge is -2.14. The van der Waals surface area contributed by atoms with E-state index >= 15 is 0 Å². The van der Waals surface area contributed by atoms with Crippen molar-refractivity contribution in [2.24, 2.45) is 0 Å². The highest BCUT2D eigenvalue weighted by molar-refractivity contribution is 6.01. The zero-order valence-electron chi connectivity index (χ0n) is 28.9. The van der Waals surface area contributed by atoms with Crippen LogP contribution in [0.4, 0.5) is 11.4 Å². The molecule has 282 valence electrons. The van der Waals surface area contributed by atoms with E-state index in [0.717, 1.165) is 6.07 Å². The summed E-state index contributed by atoms with van der Waals surface area (Å²) in [6.45, 7) is 3.16. The zero-order chi connectivity index (χ0) is 39.0. The van der Waals surface area contributed by atoms with Crippen molar-refractivity contribution in [1.82, 2.24) is 10.4 Å². The van der Waals surface area contributed by atoms with E-state index in [1.165, 1.54) is 46.3 Å². The van der Waals surface area contributed by atoms with Crippen LogP contribution in [0.15, 0.2) is 24.3 Å². The van der Waals surface area contributed by atoms with Crippen molar-refractivity contribution in [2.75, 3.05) is 34.0 Å². The molecule has 2 atom stereocenters. The summed E-state index contributed by atoms with van der Waals surface area (Å²) in [5, 5.41) is 44.6. The smallest absolute Gasteiger partial charge is 0.333 e. The number of hydrogen-bond acceptors (Lipinski definition) is 15. The molecule has 3 rings (SSSR count). The average Bonchev–Trinajstić information content (AvgIpc) is 3.42. The number of aliphatic hydroxyl groups excluding tert-OH is 2. The number of aliphatic hydroxyl groups is 2. The van der Waals surface area contributed by atoms with Gasteiger partial charge in [0.25, 0.3) is 23.2 Å². The van der Waals surface area contributed by atoms with Gasteiger partial charge >= 0.3 is 5.97 Å². The quantitative estimate of drug-likeness (QED) is 0.0654. The summed E-state index contributed by atoms with van der Waals surface area (Å²) in [7, 11) is 2.74. The van der Waals surface area contributed by atoms with Gasteiger partial charge in [-0.25, -0.2) is 4.79 Å². The third-order valence-electron chi connectivity index (χ3n) is 7.09. The largest absolute Gasteiger partial charge is 0.493 e. The monoisotopic (exact) mass is 732 g/mol. The van der Waals surface area contributed by atoms with Gasteiger partial charge < -0.3 is 39.3 Å². The van der Waals surface area contributed by atoms with Gasteiger partial charge in [-0.3, -0.25) is 34.6 Å². The Balaban J connectivity index is 0.000000365. The maximum absolute atomic E-state index is 11.7. The van der Waals surface area contributed by atoms with Crippen molar-refractivity contribution in [3.05, 3.63) is 55.6 Å². The molecular weight excluding hydrogens is 692 g/mol. The number of imide groups is 1. The molecule has 1 aliphatic rings. The molecule has 1 fully saturated rings. The molecule has 0 aliphatic carbocycles. The second-order valence-corrected chi connectivity index (χ2v) is 10.9. The molecule has 0 aromatic heterocycles. The van der Waals surface area contributed by atoms with Crippen LogP contribution in [-0.4, -0.2) is 82.8 Å². The van der Waals surface area contributed by atoms with E-state index < -0.39 is 39.8 Å². The van der Waals surface area contributed by atoms with Crippen LogP contribution >= 0.6 is 0 Å². The summed E-state index contributed by atoms with van der Waals surface area (Å²) in [4.78, 5) is 71.7. The normalized spacial score (nSPS) is 13.1. The Labute approximate surface area is 298 Å². The molecule has 1 aliphatic heterocycles. The summed E-state index contributed by atoms with van der Waals surface area (Å²) in [6, 6.07) is 5.04. The van der Waals surface area contributed by atoms with Crippen molar-refractivity contribution in [2.45, 2.75) is 64.6 Å². The number of methoxy groups -OCH3 is 2. The molecule has 2 unspecified atom stereocenters. The van der Waals surface area contributed by atoms with Crippen molar-refractivity contribution in [3.63, 3.8) is 0 Å². The number of ether oxygens (including phenoxy) is 4. The van der Waals surface area contributed by atoms with Crippen molar-refractivity contribution in [3.8, 4) is 35.3 Å². The van der Waals surface area contributed by atoms with Gasteiger partial charge in [-0.05, 0) is 38.8 Å². The highest BCUT2D eigenvalue weighted by Gasteiger charge is 2.32. The van der Waals surface area contributed by atoms with E-state index in [4.69, 9.17) is 30.2 Å². The molecule has 0 saturated carbocycles. The Morgan fingerprint density at radius 1 is 0.846 bits per heavy atom. The van der Waals surface area contributed by atoms with Gasteiger partial charge in [0.05, 0.1) is 85.7 Å². The van der Waals surface area contributed by atoms with Crippen LogP contribution in [0.3, 0.4) is 0 Å². The van der Waals surface area contributed by atoms with E-state index in [-0.39, 0.29) is 103 Å². The second-order valence-electron chi connectivity index (χ2n) is 10.9. The number of carbonyl (C=O) groups excluding carboxylic acids is 4. The number of rotatable bonds is 18. The molecule has 2 aromatic carbocycles. The third kappa shape index (κ3) is 12.4. The summed E-state index contributed by atoms with van der Waals surface area (Å²) >= 11 is 0. The van der Waals surface area contributed by atoms with Crippen LogP contribution in [0.2, 0.25) is 0 Å². The van der Waals surface area contributed by atoms with Gasteiger partial charge in [-0.1, -0.05) is 5.92 Å². The number of benzene rings is 2. The minimum Gasteiger partial charge on any atom is -0.493 e. The second kappa shape index (κ2) is 20.6. The molecule has 3 N–H and O–H groups in total. The predicted octanol–water partition coefficient (Wildman–Crippen LogP) is 2.99. The molecule has 0 radical (unpaired) electrons. The molecule has 1 heterocycles. The molecular formula is C33H40N4O15. The fraction of sp³-hybridized carbons (Fsp3) is 0.455. The molecule has 0 bridgehead atoms. The third-order valence-corrected chi connectivity index (χ3v) is 7.09. The maximum atomic E-state index is 11.7. The van der Waals surface area contributed by atoms with E-state index in [2.05, 4.69) is 11.2 Å². The SMILES string of the molecule is C#CCNC(=O)CCCOc1cc([N+](=O)[O-])c(C(C)O)cc1OC.COc1cc(C(C)O)c([N+](=O)[O-])cc1OCCCC(=O)ON1C(=O)CCC1=O. The maximum Gasteiger partial charge on any atom is 0.333 e. The number of nitro groups is 2. The van der Waals surface area contributed by atoms with Crippen LogP contribution in [0, 0.1) is 32.6 Å². The summed E-state index contributed by atoms with van der Waals surface area (Å²) < 4.78 is 21.2. The number of terminal acetylenes is 1. The lowest BCUT2D eigenvalue weighted by Crippen LogP contribution is -2.32. The average molecular weight is 733 g/mol. The lowest BCUT2D eigenvalue weighted by molar-refractivity contribution is -0.386. The Hall–Kier alpha value is -6.00. The van der Waals surface area contributed by atoms with E-state index in [0.29, 0.717) is 11.5 Å². The summed E-state index contributed by atoms with van der Waals surface area (Å²) in [5.41, 5.74) is -0.362. The van der Waals surface area contributed by atoms with Crippen LogP contribution in [-0.2, 0) is 24.0 Å². The number of hydrogen-bond donors (Lipinski definition) is 3. The molecule has 3 amide bonds. The molecule has 52 heavy (non-hydrogen) atoms. The van der Waals surface area contributed by atoms with Gasteiger partial charge in [-0.15, -0.1) is 11.5 Å². The first kappa shape index (κ1) is 42.2. The number of hydroxylamine groups is 2. The van der Waals surface area contributed by atoms with Crippen LogP contribution in [0.1, 0.15) is 75.7 Å². The number of amides is 3. The first-order valence-electron chi connectivity index (χ1n) is 15.8. The number of nitro benzene ring substituents is 2. The van der Waals surface area contributed by atoms with Crippen molar-refractivity contribution < 1.29 is 63.0 Å². The van der Waals surface area contributed by atoms with Gasteiger partial charge in [0.2, 0.25) is 5.91 Å². The number of nitrogens with zero attached hydrogens (tertiary/aromatic N) is 3. The van der Waals surface area contributed by atoms with Gasteiger partial charge in [0.1, 0.15) is 0 Å². The Morgan fingerprint density at radius 2 is 1.29 bits per heavy atom. The predicted molar refractivity (Wildman–Crippen MR) is 179 cm³/mol. The minimum absolute atomic E-state index is 0.00146. The van der Waals surface area contributed by atoms with Gasteiger partial charge in [0.15, 0.2) is 23.0 Å². The van der Waals surface area contributed by atoms with E-state index in [1.807, 2.05) is 0 Å². The number of carbonyl (C=O) groups is 4. The topological polar surface area (TPSA) is 256 Å². The molecule has 19 heteroatoms. The minimum atomic E-state index is -1.07. The van der Waals surface area contributed by atoms with Crippen LogP contribution in [0.25, 0.3) is 0 Å². The molecule has 19 nitrogen and oxygen atoms in total. The fourth-order valence-electron chi connectivity index (χ4n) is 4.52. The summed E-state index contributed by atoms with van der Waals surface area (Å²) in [6.07, 6.45) is 3.63. The first-order valence-corrected chi connectivity index (χ1v) is 15.8. The Kier molecular flexibility index (Phi) is 16.7. The standard InChI is InChI=1S/C17H20N2O9.C16H20N2O6/c1-10(20)11-8-13(26-2)14(9-12(11)19(24)25)27-7-3-4-17(23)28-18-15(21)5-6-16(18)22;1-4-7-17-16(20)6-5-8-24-15-10-13(18(21)22)12(11(2)19)9-14(15)23-3/h8-10,20H,3-7H2,1-2H3;1,9-11,19H,5-8H2,2-3H3,(H,17,20). The first-order chi connectivity index (χ1) is 24.6.